The van der Waals surface area contributed by atoms with Crippen LogP contribution in [0.1, 0.15) is 36.8 Å². The number of carbonyl (C=O) groups excluding carboxylic acids is 1. The lowest BCUT2D eigenvalue weighted by Crippen LogP contribution is -2.42. The molecule has 2 rings (SSSR count). The fourth-order valence-corrected chi connectivity index (χ4v) is 3.01. The number of nitrogens with two attached hydrogens (primary N) is 1. The van der Waals surface area contributed by atoms with Gasteiger partial charge in [-0.3, -0.25) is 15.1 Å². The highest BCUT2D eigenvalue weighted by atomic mass is 16.3. The second-order valence-corrected chi connectivity index (χ2v) is 5.90. The molecule has 5 heteroatoms. The van der Waals surface area contributed by atoms with Crippen LogP contribution in [0.2, 0.25) is 0 Å². The molecule has 0 bridgehead atoms. The van der Waals surface area contributed by atoms with Gasteiger partial charge in [0.25, 0.3) is 0 Å². The Balaban J connectivity index is 1.91. The van der Waals surface area contributed by atoms with Gasteiger partial charge in [0.15, 0.2) is 0 Å². The van der Waals surface area contributed by atoms with Gasteiger partial charge in [0.2, 0.25) is 5.91 Å². The Labute approximate surface area is 126 Å². The fourth-order valence-electron chi connectivity index (χ4n) is 3.01. The van der Waals surface area contributed by atoms with Crippen LogP contribution in [0.15, 0.2) is 24.3 Å². The number of likely N-dealkylation sites (N-methyl/N-ethyl adjacent to an activating group) is 1. The topological polar surface area (TPSA) is 78.6 Å². The smallest absolute Gasteiger partial charge is 0.238 e. The average Bonchev–Trinajstić information content (AvgIpc) is 2.49. The number of hydrazine groups is 1. The number of nitrogens with zero attached hydrogens (tertiary/aromatic N) is 1. The van der Waals surface area contributed by atoms with Crippen LogP contribution in [0.3, 0.4) is 0 Å². The number of rotatable bonds is 5. The molecule has 1 aliphatic carbocycles. The first kappa shape index (κ1) is 15.9. The van der Waals surface area contributed by atoms with Crippen LogP contribution in [0.5, 0.6) is 0 Å². The molecular weight excluding hydrogens is 266 g/mol. The molecule has 21 heavy (non-hydrogen) atoms. The van der Waals surface area contributed by atoms with Gasteiger partial charge in [0.05, 0.1) is 12.5 Å². The van der Waals surface area contributed by atoms with Crippen molar-refractivity contribution >= 4 is 5.91 Å². The van der Waals surface area contributed by atoms with Gasteiger partial charge in [-0.15, -0.1) is 0 Å². The molecule has 5 nitrogen and oxygen atoms in total. The summed E-state index contributed by atoms with van der Waals surface area (Å²) in [6, 6.07) is 8.22. The summed E-state index contributed by atoms with van der Waals surface area (Å²) in [5.41, 5.74) is 4.27. The lowest BCUT2D eigenvalue weighted by atomic mass is 9.91. The molecule has 0 radical (unpaired) electrons. The second-order valence-electron chi connectivity index (χ2n) is 5.90. The number of aliphatic hydroxyl groups excluding tert-OH is 1. The molecule has 0 aromatic heterocycles. The van der Waals surface area contributed by atoms with Crippen molar-refractivity contribution < 1.29 is 9.90 Å². The molecule has 0 heterocycles. The highest BCUT2D eigenvalue weighted by Crippen LogP contribution is 2.23. The molecule has 2 atom stereocenters. The van der Waals surface area contributed by atoms with E-state index >= 15 is 0 Å². The number of hydrogen-bond acceptors (Lipinski definition) is 4. The second kappa shape index (κ2) is 7.54. The lowest BCUT2D eigenvalue weighted by molar-refractivity contribution is -0.120. The summed E-state index contributed by atoms with van der Waals surface area (Å²) in [5.74, 6) is 4.89. The van der Waals surface area contributed by atoms with Gasteiger partial charge in [-0.05, 0) is 31.0 Å². The van der Waals surface area contributed by atoms with Gasteiger partial charge >= 0.3 is 0 Å². The SMILES string of the molecule is CN(Cc1ccc(CC(=O)NN)cc1)C1CCCCC1O. The van der Waals surface area contributed by atoms with Gasteiger partial charge in [-0.25, -0.2) is 5.84 Å². The third kappa shape index (κ3) is 4.52. The summed E-state index contributed by atoms with van der Waals surface area (Å²) in [4.78, 5) is 13.4. The van der Waals surface area contributed by atoms with E-state index < -0.39 is 0 Å². The maximum atomic E-state index is 11.2. The van der Waals surface area contributed by atoms with Crippen molar-refractivity contribution in [3.63, 3.8) is 0 Å². The van der Waals surface area contributed by atoms with E-state index in [9.17, 15) is 9.90 Å². The zero-order valence-electron chi connectivity index (χ0n) is 12.6. The number of amides is 1. The molecule has 2 unspecified atom stereocenters. The summed E-state index contributed by atoms with van der Waals surface area (Å²) < 4.78 is 0. The van der Waals surface area contributed by atoms with Crippen molar-refractivity contribution in [1.29, 1.82) is 0 Å². The highest BCUT2D eigenvalue weighted by molar-refractivity contribution is 5.77. The molecule has 0 spiro atoms. The molecule has 1 aliphatic rings. The number of aliphatic hydroxyl groups is 1. The molecule has 1 aromatic rings. The largest absolute Gasteiger partial charge is 0.391 e. The van der Waals surface area contributed by atoms with E-state index in [1.165, 1.54) is 12.0 Å². The van der Waals surface area contributed by atoms with Gasteiger partial charge in [-0.1, -0.05) is 37.1 Å². The van der Waals surface area contributed by atoms with Crippen LogP contribution >= 0.6 is 0 Å². The lowest BCUT2D eigenvalue weighted by Gasteiger charge is -2.35. The molecule has 116 valence electrons. The van der Waals surface area contributed by atoms with Crippen molar-refractivity contribution in [3.8, 4) is 0 Å². The molecule has 1 fully saturated rings. The first-order chi connectivity index (χ1) is 10.1. The van der Waals surface area contributed by atoms with Crippen LogP contribution in [-0.4, -0.2) is 35.1 Å². The van der Waals surface area contributed by atoms with Crippen molar-refractivity contribution in [3.05, 3.63) is 35.4 Å². The predicted octanol–water partition coefficient (Wildman–Crippen LogP) is 0.954. The average molecular weight is 291 g/mol. The van der Waals surface area contributed by atoms with Crippen LogP contribution in [0.25, 0.3) is 0 Å². The Morgan fingerprint density at radius 2 is 1.90 bits per heavy atom. The summed E-state index contributed by atoms with van der Waals surface area (Å²) in [6.07, 6.45) is 4.38. The van der Waals surface area contributed by atoms with E-state index in [0.29, 0.717) is 6.42 Å². The van der Waals surface area contributed by atoms with E-state index in [0.717, 1.165) is 31.4 Å². The maximum Gasteiger partial charge on any atom is 0.238 e. The van der Waals surface area contributed by atoms with Crippen LogP contribution in [0.4, 0.5) is 0 Å². The molecular formula is C16H25N3O2. The Morgan fingerprint density at radius 1 is 1.29 bits per heavy atom. The van der Waals surface area contributed by atoms with Gasteiger partial charge in [0, 0.05) is 12.6 Å². The monoisotopic (exact) mass is 291 g/mol. The Hall–Kier alpha value is -1.43. The quantitative estimate of drug-likeness (QED) is 0.429. The van der Waals surface area contributed by atoms with Crippen molar-refractivity contribution in [2.45, 2.75) is 50.8 Å². The Morgan fingerprint density at radius 3 is 2.52 bits per heavy atom. The normalized spacial score (nSPS) is 22.3. The summed E-state index contributed by atoms with van der Waals surface area (Å²) in [6.45, 7) is 0.811. The van der Waals surface area contributed by atoms with Crippen molar-refractivity contribution in [2.24, 2.45) is 5.84 Å². The third-order valence-corrected chi connectivity index (χ3v) is 4.24. The predicted molar refractivity (Wildman–Crippen MR) is 82.2 cm³/mol. The van der Waals surface area contributed by atoms with E-state index in [4.69, 9.17) is 5.84 Å². The minimum atomic E-state index is -0.212. The van der Waals surface area contributed by atoms with Crippen molar-refractivity contribution in [1.82, 2.24) is 10.3 Å². The first-order valence-corrected chi connectivity index (χ1v) is 7.55. The number of benzene rings is 1. The number of nitrogens with one attached hydrogen (secondary N) is 1. The van der Waals surface area contributed by atoms with Crippen LogP contribution in [0, 0.1) is 0 Å². The fraction of sp³-hybridized carbons (Fsp3) is 0.562. The molecule has 0 aliphatic heterocycles. The summed E-state index contributed by atoms with van der Waals surface area (Å²) >= 11 is 0. The standard InChI is InChI=1S/C16H25N3O2/c1-19(14-4-2-3-5-15(14)20)11-13-8-6-12(7-9-13)10-16(21)18-17/h6-9,14-15,20H,2-5,10-11,17H2,1H3,(H,18,21). The van der Waals surface area contributed by atoms with E-state index in [2.05, 4.69) is 17.4 Å². The molecule has 1 saturated carbocycles. The first-order valence-electron chi connectivity index (χ1n) is 7.55. The van der Waals surface area contributed by atoms with Gasteiger partial charge < -0.3 is 5.11 Å². The van der Waals surface area contributed by atoms with E-state index in [-0.39, 0.29) is 18.1 Å². The van der Waals surface area contributed by atoms with E-state index in [1.807, 2.05) is 24.3 Å². The van der Waals surface area contributed by atoms with Gasteiger partial charge in [-0.2, -0.15) is 0 Å². The zero-order valence-corrected chi connectivity index (χ0v) is 12.6. The van der Waals surface area contributed by atoms with Crippen LogP contribution < -0.4 is 11.3 Å². The minimum Gasteiger partial charge on any atom is -0.391 e. The number of carbonyl (C=O) groups is 1. The molecule has 0 saturated heterocycles. The Kier molecular flexibility index (Phi) is 5.73. The zero-order chi connectivity index (χ0) is 15.2. The highest BCUT2D eigenvalue weighted by Gasteiger charge is 2.26. The molecule has 1 aromatic carbocycles. The summed E-state index contributed by atoms with van der Waals surface area (Å²) in [7, 11) is 2.06. The minimum absolute atomic E-state index is 0.190. The maximum absolute atomic E-state index is 11.2. The van der Waals surface area contributed by atoms with E-state index in [1.54, 1.807) is 0 Å². The Bertz CT molecular complexity index is 461. The van der Waals surface area contributed by atoms with Gasteiger partial charge in [0.1, 0.15) is 0 Å². The molecule has 1 amide bonds. The van der Waals surface area contributed by atoms with Crippen LogP contribution in [-0.2, 0) is 17.8 Å². The summed E-state index contributed by atoms with van der Waals surface area (Å²) in [5, 5.41) is 10.1. The third-order valence-electron chi connectivity index (χ3n) is 4.24. The van der Waals surface area contributed by atoms with Crippen molar-refractivity contribution in [2.75, 3.05) is 7.05 Å². The number of hydrogen-bond donors (Lipinski definition) is 3. The molecule has 4 N–H and O–H groups in total.